The molecule has 0 aromatic heterocycles. The maximum atomic E-state index is 13.4. The first kappa shape index (κ1) is 13.4. The van der Waals surface area contributed by atoms with Crippen LogP contribution in [-0.2, 0) is 6.54 Å². The molecule has 0 saturated heterocycles. The first-order valence-corrected chi connectivity index (χ1v) is 4.95. The Morgan fingerprint density at radius 3 is 2.76 bits per heavy atom. The molecule has 0 heterocycles. The summed E-state index contributed by atoms with van der Waals surface area (Å²) in [5.41, 5.74) is 14.0. The molecule has 1 rings (SSSR count). The lowest BCUT2D eigenvalue weighted by Crippen LogP contribution is -2.22. The smallest absolute Gasteiger partial charge is 0.129 e. The van der Waals surface area contributed by atoms with Crippen LogP contribution in [0.25, 0.3) is 10.4 Å². The Bertz CT molecular complexity index is 434. The van der Waals surface area contributed by atoms with Gasteiger partial charge < -0.3 is 15.9 Å². The lowest BCUT2D eigenvalue weighted by Gasteiger charge is -2.17. The highest BCUT2D eigenvalue weighted by atomic mass is 19.1. The predicted octanol–water partition coefficient (Wildman–Crippen LogP) is 0.989. The molecule has 92 valence electrons. The van der Waals surface area contributed by atoms with Crippen molar-refractivity contribution in [2.24, 2.45) is 10.8 Å². The topological polar surface area (TPSA) is 115 Å². The van der Waals surface area contributed by atoms with Crippen molar-refractivity contribution >= 4 is 0 Å². The van der Waals surface area contributed by atoms with Crippen LogP contribution in [0.1, 0.15) is 17.2 Å². The zero-order valence-electron chi connectivity index (χ0n) is 8.99. The van der Waals surface area contributed by atoms with E-state index in [1.54, 1.807) is 0 Å². The summed E-state index contributed by atoms with van der Waals surface area (Å²) in [6.07, 6.45) is -2.81. The summed E-state index contributed by atoms with van der Waals surface area (Å²) in [5.74, 6) is -0.644. The van der Waals surface area contributed by atoms with Crippen LogP contribution >= 0.6 is 0 Å². The molecule has 1 aromatic carbocycles. The number of hydrogen-bond donors (Lipinski definition) is 3. The van der Waals surface area contributed by atoms with Crippen molar-refractivity contribution in [3.63, 3.8) is 0 Å². The summed E-state index contributed by atoms with van der Waals surface area (Å²) in [6, 6.07) is 4.03. The van der Waals surface area contributed by atoms with Crippen LogP contribution in [0.4, 0.5) is 4.39 Å². The van der Waals surface area contributed by atoms with Crippen molar-refractivity contribution in [2.75, 3.05) is 6.54 Å². The molecule has 7 heteroatoms. The van der Waals surface area contributed by atoms with Crippen LogP contribution in [0.15, 0.2) is 23.3 Å². The predicted molar refractivity (Wildman–Crippen MR) is 59.3 cm³/mol. The molecule has 4 N–H and O–H groups in total. The van der Waals surface area contributed by atoms with E-state index in [2.05, 4.69) is 10.0 Å². The fourth-order valence-corrected chi connectivity index (χ4v) is 1.37. The first-order chi connectivity index (χ1) is 8.10. The van der Waals surface area contributed by atoms with Gasteiger partial charge in [0, 0.05) is 17.0 Å². The third kappa shape index (κ3) is 3.40. The Labute approximate surface area is 97.1 Å². The Hall–Kier alpha value is -1.66. The second kappa shape index (κ2) is 6.17. The van der Waals surface area contributed by atoms with Gasteiger partial charge in [-0.05, 0) is 23.2 Å². The highest BCUT2D eigenvalue weighted by Crippen LogP contribution is 2.22. The molecule has 2 unspecified atom stereocenters. The molecular formula is C10H13FN4O2. The molecule has 0 aliphatic carbocycles. The van der Waals surface area contributed by atoms with Crippen LogP contribution < -0.4 is 5.73 Å². The van der Waals surface area contributed by atoms with Crippen molar-refractivity contribution in [1.29, 1.82) is 0 Å². The molecule has 0 aliphatic rings. The van der Waals surface area contributed by atoms with Gasteiger partial charge in [-0.2, -0.15) is 0 Å². The van der Waals surface area contributed by atoms with E-state index >= 15 is 0 Å². The van der Waals surface area contributed by atoms with E-state index < -0.39 is 18.0 Å². The molecule has 1 aromatic rings. The van der Waals surface area contributed by atoms with Gasteiger partial charge in [-0.3, -0.25) is 0 Å². The van der Waals surface area contributed by atoms with Gasteiger partial charge in [-0.25, -0.2) is 4.39 Å². The molecule has 0 fully saturated rings. The fourth-order valence-electron chi connectivity index (χ4n) is 1.37. The first-order valence-electron chi connectivity index (χ1n) is 4.95. The Balaban J connectivity index is 2.93. The normalized spacial score (nSPS) is 13.9. The number of nitrogens with two attached hydrogens (primary N) is 1. The molecule has 6 nitrogen and oxygen atoms in total. The van der Waals surface area contributed by atoms with Crippen molar-refractivity contribution in [3.05, 3.63) is 45.6 Å². The molecule has 0 saturated carbocycles. The minimum atomic E-state index is -1.45. The standard InChI is InChI=1S/C10H13FN4O2/c11-8-2-1-6(4-12)3-7(8)10(17)9(16)5-14-15-13/h1-3,9-10,16-17H,4-5,12H2. The Kier molecular flexibility index (Phi) is 4.86. The van der Waals surface area contributed by atoms with Crippen molar-refractivity contribution in [1.82, 2.24) is 0 Å². The number of aliphatic hydroxyl groups excluding tert-OH is 2. The highest BCUT2D eigenvalue weighted by molar-refractivity contribution is 5.27. The van der Waals surface area contributed by atoms with E-state index in [1.165, 1.54) is 18.2 Å². The molecule has 0 spiro atoms. The van der Waals surface area contributed by atoms with Crippen LogP contribution in [0, 0.1) is 5.82 Å². The minimum Gasteiger partial charge on any atom is -0.390 e. The number of azide groups is 1. The summed E-state index contributed by atoms with van der Waals surface area (Å²) >= 11 is 0. The van der Waals surface area contributed by atoms with Crippen molar-refractivity contribution < 1.29 is 14.6 Å². The van der Waals surface area contributed by atoms with Crippen LogP contribution in [-0.4, -0.2) is 22.9 Å². The summed E-state index contributed by atoms with van der Waals surface area (Å²) in [6.45, 7) is -0.129. The van der Waals surface area contributed by atoms with Crippen LogP contribution in [0.5, 0.6) is 0 Å². The largest absolute Gasteiger partial charge is 0.390 e. The van der Waals surface area contributed by atoms with E-state index in [9.17, 15) is 14.6 Å². The number of benzene rings is 1. The van der Waals surface area contributed by atoms with Crippen LogP contribution in [0.2, 0.25) is 0 Å². The third-order valence-corrected chi connectivity index (χ3v) is 2.31. The molecular weight excluding hydrogens is 227 g/mol. The molecule has 2 atom stereocenters. The van der Waals surface area contributed by atoms with Gasteiger partial charge in [0.15, 0.2) is 0 Å². The van der Waals surface area contributed by atoms with Gasteiger partial charge in [0.05, 0.1) is 12.6 Å². The zero-order chi connectivity index (χ0) is 12.8. The maximum absolute atomic E-state index is 13.4. The molecule has 0 bridgehead atoms. The second-order valence-electron chi connectivity index (χ2n) is 3.49. The number of aliphatic hydroxyl groups is 2. The number of halogens is 1. The van der Waals surface area contributed by atoms with Gasteiger partial charge in [0.2, 0.25) is 0 Å². The lowest BCUT2D eigenvalue weighted by molar-refractivity contribution is 0.0222. The molecule has 0 aliphatic heterocycles. The summed E-state index contributed by atoms with van der Waals surface area (Å²) in [5, 5.41) is 22.3. The molecule has 0 amide bonds. The number of rotatable bonds is 5. The average Bonchev–Trinajstić information content (AvgIpc) is 2.35. The fraction of sp³-hybridized carbons (Fsp3) is 0.400. The Morgan fingerprint density at radius 2 is 2.18 bits per heavy atom. The van der Waals surface area contributed by atoms with E-state index in [4.69, 9.17) is 11.3 Å². The van der Waals surface area contributed by atoms with E-state index in [0.717, 1.165) is 0 Å². The summed E-state index contributed by atoms with van der Waals surface area (Å²) in [4.78, 5) is 2.45. The lowest BCUT2D eigenvalue weighted by atomic mass is 10.0. The van der Waals surface area contributed by atoms with Crippen molar-refractivity contribution in [3.8, 4) is 0 Å². The quantitative estimate of drug-likeness (QED) is 0.405. The van der Waals surface area contributed by atoms with Gasteiger partial charge in [0.25, 0.3) is 0 Å². The average molecular weight is 240 g/mol. The second-order valence-corrected chi connectivity index (χ2v) is 3.49. The monoisotopic (exact) mass is 240 g/mol. The summed E-state index contributed by atoms with van der Waals surface area (Å²) < 4.78 is 13.4. The highest BCUT2D eigenvalue weighted by Gasteiger charge is 2.21. The third-order valence-electron chi connectivity index (χ3n) is 2.31. The van der Waals surface area contributed by atoms with Crippen molar-refractivity contribution in [2.45, 2.75) is 18.8 Å². The van der Waals surface area contributed by atoms with Gasteiger partial charge in [-0.1, -0.05) is 11.2 Å². The van der Waals surface area contributed by atoms with Gasteiger partial charge in [-0.15, -0.1) is 0 Å². The van der Waals surface area contributed by atoms with Gasteiger partial charge >= 0.3 is 0 Å². The number of hydrogen-bond acceptors (Lipinski definition) is 4. The summed E-state index contributed by atoms with van der Waals surface area (Å²) in [7, 11) is 0. The van der Waals surface area contributed by atoms with Gasteiger partial charge in [0.1, 0.15) is 11.9 Å². The van der Waals surface area contributed by atoms with E-state index in [-0.39, 0.29) is 18.7 Å². The zero-order valence-corrected chi connectivity index (χ0v) is 8.99. The Morgan fingerprint density at radius 1 is 1.47 bits per heavy atom. The SMILES string of the molecule is [N-]=[N+]=NCC(O)C(O)c1cc(CN)ccc1F. The number of nitrogens with zero attached hydrogens (tertiary/aromatic N) is 3. The minimum absolute atomic E-state index is 0.0615. The van der Waals surface area contributed by atoms with E-state index in [1.807, 2.05) is 0 Å². The maximum Gasteiger partial charge on any atom is 0.129 e. The van der Waals surface area contributed by atoms with Crippen LogP contribution in [0.3, 0.4) is 0 Å². The van der Waals surface area contributed by atoms with E-state index in [0.29, 0.717) is 5.56 Å². The molecule has 17 heavy (non-hydrogen) atoms. The molecule has 0 radical (unpaired) electrons.